The molecule has 0 bridgehead atoms. The molecule has 0 aliphatic heterocycles. The monoisotopic (exact) mass is 189 g/mol. The van der Waals surface area contributed by atoms with Crippen molar-refractivity contribution in [3.05, 3.63) is 33.8 Å². The van der Waals surface area contributed by atoms with Crippen molar-refractivity contribution < 1.29 is 0 Å². The van der Waals surface area contributed by atoms with Crippen LogP contribution < -0.4 is 5.73 Å². The highest BCUT2D eigenvalue weighted by molar-refractivity contribution is 6.33. The molecule has 0 amide bonds. The van der Waals surface area contributed by atoms with Crippen LogP contribution in [0.4, 0.5) is 0 Å². The normalized spacial score (nSPS) is 13.1. The lowest BCUT2D eigenvalue weighted by Gasteiger charge is -2.07. The van der Waals surface area contributed by atoms with Crippen LogP contribution in [0.5, 0.6) is 0 Å². The van der Waals surface area contributed by atoms with Crippen molar-refractivity contribution in [2.45, 2.75) is 13.0 Å². The zero-order valence-electron chi connectivity index (χ0n) is 6.14. The van der Waals surface area contributed by atoms with Gasteiger partial charge in [0.25, 0.3) is 0 Å². The Morgan fingerprint density at radius 2 is 2.00 bits per heavy atom. The van der Waals surface area contributed by atoms with E-state index < -0.39 is 0 Å². The Hall–Kier alpha value is -0.240. The van der Waals surface area contributed by atoms with Gasteiger partial charge in [-0.05, 0) is 30.7 Å². The van der Waals surface area contributed by atoms with E-state index in [0.717, 1.165) is 5.56 Å². The molecule has 0 radical (unpaired) electrons. The van der Waals surface area contributed by atoms with Gasteiger partial charge in [-0.2, -0.15) is 0 Å². The van der Waals surface area contributed by atoms with Crippen molar-refractivity contribution in [2.75, 3.05) is 0 Å². The molecule has 0 spiro atoms. The Kier molecular flexibility index (Phi) is 2.77. The summed E-state index contributed by atoms with van der Waals surface area (Å²) in [6, 6.07) is 5.22. The van der Waals surface area contributed by atoms with Crippen molar-refractivity contribution >= 4 is 23.2 Å². The predicted molar refractivity (Wildman–Crippen MR) is 49.1 cm³/mol. The van der Waals surface area contributed by atoms with Crippen molar-refractivity contribution in [3.8, 4) is 0 Å². The minimum absolute atomic E-state index is 0.0683. The smallest absolute Gasteiger partial charge is 0.0454 e. The highest BCUT2D eigenvalue weighted by Crippen LogP contribution is 2.24. The maximum Gasteiger partial charge on any atom is 0.0454 e. The lowest BCUT2D eigenvalue weighted by Crippen LogP contribution is -2.05. The summed E-state index contributed by atoms with van der Waals surface area (Å²) >= 11 is 11.6. The highest BCUT2D eigenvalue weighted by atomic mass is 35.5. The molecule has 0 saturated heterocycles. The van der Waals surface area contributed by atoms with E-state index in [9.17, 15) is 0 Å². The van der Waals surface area contributed by atoms with Gasteiger partial charge in [-0.15, -0.1) is 0 Å². The van der Waals surface area contributed by atoms with Crippen LogP contribution >= 0.6 is 23.2 Å². The first kappa shape index (κ1) is 8.85. The van der Waals surface area contributed by atoms with Gasteiger partial charge in [0.15, 0.2) is 0 Å². The average molecular weight is 190 g/mol. The minimum atomic E-state index is -0.0683. The molecule has 1 aromatic rings. The number of nitrogens with two attached hydrogens (primary N) is 1. The molecular weight excluding hydrogens is 181 g/mol. The standard InChI is InChI=1S/C8H9Cl2N/c1-5(11)7-4-6(9)2-3-8(7)10/h2-5H,11H2,1H3. The number of rotatable bonds is 1. The summed E-state index contributed by atoms with van der Waals surface area (Å²) in [5, 5.41) is 1.34. The third kappa shape index (κ3) is 2.09. The van der Waals surface area contributed by atoms with Crippen LogP contribution in [0, 0.1) is 0 Å². The summed E-state index contributed by atoms with van der Waals surface area (Å²) in [6.07, 6.45) is 0. The Morgan fingerprint density at radius 3 is 2.45 bits per heavy atom. The number of benzene rings is 1. The van der Waals surface area contributed by atoms with Crippen molar-refractivity contribution in [1.82, 2.24) is 0 Å². The third-order valence-electron chi connectivity index (χ3n) is 1.45. The van der Waals surface area contributed by atoms with Gasteiger partial charge in [-0.25, -0.2) is 0 Å². The summed E-state index contributed by atoms with van der Waals surface area (Å²) in [4.78, 5) is 0. The van der Waals surface area contributed by atoms with E-state index >= 15 is 0 Å². The third-order valence-corrected chi connectivity index (χ3v) is 2.03. The molecule has 0 aliphatic carbocycles. The topological polar surface area (TPSA) is 26.0 Å². The first-order chi connectivity index (χ1) is 5.11. The fourth-order valence-corrected chi connectivity index (χ4v) is 1.33. The molecule has 1 atom stereocenters. The van der Waals surface area contributed by atoms with Crippen LogP contribution in [0.25, 0.3) is 0 Å². The van der Waals surface area contributed by atoms with Gasteiger partial charge in [-0.3, -0.25) is 0 Å². The SMILES string of the molecule is CC(N)c1cc(Cl)ccc1Cl. The fourth-order valence-electron chi connectivity index (χ4n) is 0.864. The van der Waals surface area contributed by atoms with Gasteiger partial charge < -0.3 is 5.73 Å². The molecule has 1 nitrogen and oxygen atoms in total. The van der Waals surface area contributed by atoms with E-state index in [1.54, 1.807) is 18.2 Å². The van der Waals surface area contributed by atoms with E-state index in [0.29, 0.717) is 10.0 Å². The van der Waals surface area contributed by atoms with Crippen LogP contribution in [0.1, 0.15) is 18.5 Å². The molecule has 2 N–H and O–H groups in total. The summed E-state index contributed by atoms with van der Waals surface area (Å²) in [5.74, 6) is 0. The molecule has 0 fully saturated rings. The Balaban J connectivity index is 3.13. The van der Waals surface area contributed by atoms with Crippen molar-refractivity contribution in [3.63, 3.8) is 0 Å². The lowest BCUT2D eigenvalue weighted by atomic mass is 10.1. The minimum Gasteiger partial charge on any atom is -0.324 e. The van der Waals surface area contributed by atoms with Crippen LogP contribution in [-0.4, -0.2) is 0 Å². The van der Waals surface area contributed by atoms with Gasteiger partial charge in [0.05, 0.1) is 0 Å². The van der Waals surface area contributed by atoms with Gasteiger partial charge in [-0.1, -0.05) is 23.2 Å². The Labute approximate surface area is 76.1 Å². The van der Waals surface area contributed by atoms with E-state index in [-0.39, 0.29) is 6.04 Å². The van der Waals surface area contributed by atoms with Crippen LogP contribution in [0.2, 0.25) is 10.0 Å². The summed E-state index contributed by atoms with van der Waals surface area (Å²) in [5.41, 5.74) is 6.53. The Morgan fingerprint density at radius 1 is 1.36 bits per heavy atom. The second kappa shape index (κ2) is 3.44. The van der Waals surface area contributed by atoms with Gasteiger partial charge >= 0.3 is 0 Å². The molecule has 1 aromatic carbocycles. The molecule has 0 saturated carbocycles. The van der Waals surface area contributed by atoms with Gasteiger partial charge in [0.2, 0.25) is 0 Å². The van der Waals surface area contributed by atoms with Crippen molar-refractivity contribution in [1.29, 1.82) is 0 Å². The zero-order valence-corrected chi connectivity index (χ0v) is 7.65. The molecule has 0 aromatic heterocycles. The molecule has 1 unspecified atom stereocenters. The molecule has 1 rings (SSSR count). The predicted octanol–water partition coefficient (Wildman–Crippen LogP) is 3.01. The zero-order chi connectivity index (χ0) is 8.43. The maximum absolute atomic E-state index is 5.85. The lowest BCUT2D eigenvalue weighted by molar-refractivity contribution is 0.818. The molecule has 11 heavy (non-hydrogen) atoms. The van der Waals surface area contributed by atoms with E-state index in [1.807, 2.05) is 6.92 Å². The summed E-state index contributed by atoms with van der Waals surface area (Å²) < 4.78 is 0. The first-order valence-electron chi connectivity index (χ1n) is 3.32. The molecular formula is C8H9Cl2N. The first-order valence-corrected chi connectivity index (χ1v) is 4.07. The van der Waals surface area contributed by atoms with E-state index in [2.05, 4.69) is 0 Å². The van der Waals surface area contributed by atoms with E-state index in [4.69, 9.17) is 28.9 Å². The Bertz CT molecular complexity index is 258. The molecule has 0 heterocycles. The number of halogens is 2. The number of hydrogen-bond donors (Lipinski definition) is 1. The summed E-state index contributed by atoms with van der Waals surface area (Å²) in [6.45, 7) is 1.87. The second-order valence-electron chi connectivity index (χ2n) is 2.45. The fraction of sp³-hybridized carbons (Fsp3) is 0.250. The van der Waals surface area contributed by atoms with Gasteiger partial charge in [0.1, 0.15) is 0 Å². The van der Waals surface area contributed by atoms with Crippen LogP contribution in [-0.2, 0) is 0 Å². The molecule has 60 valence electrons. The van der Waals surface area contributed by atoms with Crippen molar-refractivity contribution in [2.24, 2.45) is 5.73 Å². The number of hydrogen-bond acceptors (Lipinski definition) is 1. The highest BCUT2D eigenvalue weighted by Gasteiger charge is 2.04. The average Bonchev–Trinajstić information content (AvgIpc) is 1.94. The van der Waals surface area contributed by atoms with E-state index in [1.165, 1.54) is 0 Å². The summed E-state index contributed by atoms with van der Waals surface area (Å²) in [7, 11) is 0. The van der Waals surface area contributed by atoms with Crippen LogP contribution in [0.15, 0.2) is 18.2 Å². The quantitative estimate of drug-likeness (QED) is 0.723. The molecule has 0 aliphatic rings. The van der Waals surface area contributed by atoms with Gasteiger partial charge in [0, 0.05) is 16.1 Å². The van der Waals surface area contributed by atoms with Crippen LogP contribution in [0.3, 0.4) is 0 Å². The second-order valence-corrected chi connectivity index (χ2v) is 3.30. The molecule has 3 heteroatoms. The maximum atomic E-state index is 5.85. The largest absolute Gasteiger partial charge is 0.324 e.